The van der Waals surface area contributed by atoms with Gasteiger partial charge in [0.05, 0.1) is 0 Å². The smallest absolute Gasteiger partial charge is 0.781 e. The van der Waals surface area contributed by atoms with Crippen molar-refractivity contribution in [2.75, 3.05) is 0 Å². The van der Waals surface area contributed by atoms with E-state index >= 15 is 0 Å². The van der Waals surface area contributed by atoms with Crippen molar-refractivity contribution in [2.45, 2.75) is 10.5 Å². The maximum absolute atomic E-state index is 4.83. The third-order valence-corrected chi connectivity index (χ3v) is 4.17. The van der Waals surface area contributed by atoms with Crippen molar-refractivity contribution in [3.05, 3.63) is 110 Å². The molecule has 0 saturated heterocycles. The van der Waals surface area contributed by atoms with Crippen LogP contribution in [0.15, 0.2) is 97.2 Å². The second-order valence-corrected chi connectivity index (χ2v) is 6.35. The van der Waals surface area contributed by atoms with Crippen LogP contribution in [0.2, 0.25) is 0 Å². The van der Waals surface area contributed by atoms with Crippen LogP contribution in [0.1, 0.15) is 0 Å². The van der Waals surface area contributed by atoms with Gasteiger partial charge in [0, 0.05) is 18.1 Å². The van der Waals surface area contributed by atoms with E-state index < -0.39 is 0 Å². The molecule has 24 heavy (non-hydrogen) atoms. The molecule has 0 aromatic heterocycles. The first-order valence-corrected chi connectivity index (χ1v) is 9.58. The van der Waals surface area contributed by atoms with Gasteiger partial charge in [0.25, 0.3) is 0 Å². The zero-order valence-corrected chi connectivity index (χ0v) is 17.3. The van der Waals surface area contributed by atoms with Crippen molar-refractivity contribution >= 4 is 35.1 Å². The first-order valence-electron chi connectivity index (χ1n) is 7.30. The molecule has 0 nitrogen and oxygen atoms in total. The Morgan fingerprint density at radius 2 is 0.917 bits per heavy atom. The topological polar surface area (TPSA) is 0 Å². The molecule has 4 rings (SSSR count). The van der Waals surface area contributed by atoms with Gasteiger partial charge in [0.1, 0.15) is 0 Å². The summed E-state index contributed by atoms with van der Waals surface area (Å²) in [5.41, 5.74) is 0. The molecule has 122 valence electrons. The third-order valence-electron chi connectivity index (χ3n) is 2.65. The predicted octanol–water partition coefficient (Wildman–Crippen LogP) is 5.33. The predicted molar refractivity (Wildman–Crippen MR) is 112 cm³/mol. The SMILES string of the molecule is [CH]1C=CC=C1.[CH]1C=CC=C1.[S-]C1C=CC=C1.[S-]SC1C=CC=C1.[Ti+2]. The van der Waals surface area contributed by atoms with Gasteiger partial charge < -0.3 is 35.1 Å². The molecule has 0 aromatic rings. The molecule has 0 N–H and O–H groups in total. The molecule has 4 aliphatic carbocycles. The van der Waals surface area contributed by atoms with Crippen LogP contribution in [0.5, 0.6) is 0 Å². The van der Waals surface area contributed by atoms with Gasteiger partial charge in [-0.15, -0.1) is 17.4 Å². The minimum absolute atomic E-state index is 0. The van der Waals surface area contributed by atoms with Crippen molar-refractivity contribution < 1.29 is 21.7 Å². The molecule has 0 spiro atoms. The van der Waals surface area contributed by atoms with Gasteiger partial charge in [-0.1, -0.05) is 85.1 Å². The normalized spacial score (nSPS) is 17.9. The molecule has 2 radical (unpaired) electrons. The number of hydrogen-bond acceptors (Lipinski definition) is 3. The zero-order chi connectivity index (χ0) is 16.6. The van der Waals surface area contributed by atoms with Gasteiger partial charge >= 0.3 is 21.7 Å². The van der Waals surface area contributed by atoms with Gasteiger partial charge in [-0.3, -0.25) is 0 Å². The monoisotopic (exact) mass is 404 g/mol. The van der Waals surface area contributed by atoms with Crippen LogP contribution >= 0.6 is 10.8 Å². The van der Waals surface area contributed by atoms with E-state index in [-0.39, 0.29) is 27.0 Å². The third kappa shape index (κ3) is 14.1. The van der Waals surface area contributed by atoms with E-state index in [1.165, 1.54) is 10.8 Å². The summed E-state index contributed by atoms with van der Waals surface area (Å²) in [6.45, 7) is 0. The first kappa shape index (κ1) is 23.7. The fourth-order valence-electron chi connectivity index (χ4n) is 1.53. The molecule has 0 aromatic carbocycles. The van der Waals surface area contributed by atoms with Crippen molar-refractivity contribution in [3.8, 4) is 0 Å². The van der Waals surface area contributed by atoms with Gasteiger partial charge in [0.15, 0.2) is 0 Å². The summed E-state index contributed by atoms with van der Waals surface area (Å²) in [5, 5.41) is 0.736. The fourth-order valence-corrected chi connectivity index (χ4v) is 2.40. The van der Waals surface area contributed by atoms with Crippen LogP contribution in [-0.4, -0.2) is 10.5 Å². The minimum Gasteiger partial charge on any atom is -0.781 e. The van der Waals surface area contributed by atoms with E-state index in [9.17, 15) is 0 Å². The van der Waals surface area contributed by atoms with Crippen molar-refractivity contribution in [1.82, 2.24) is 0 Å². The van der Waals surface area contributed by atoms with Gasteiger partial charge in [0.2, 0.25) is 0 Å². The van der Waals surface area contributed by atoms with Gasteiger partial charge in [-0.25, -0.2) is 0 Å². The molecule has 4 aliphatic rings. The molecule has 0 atom stereocenters. The Balaban J connectivity index is 0.000000292. The maximum Gasteiger partial charge on any atom is 2.00 e. The Kier molecular flexibility index (Phi) is 17.3. The van der Waals surface area contributed by atoms with E-state index in [0.717, 1.165) is 0 Å². The average molecular weight is 404 g/mol. The van der Waals surface area contributed by atoms with Gasteiger partial charge in [-0.2, -0.15) is 0 Å². The summed E-state index contributed by atoms with van der Waals surface area (Å²) in [5.74, 6) is 0. The standard InChI is InChI=1S/C5H6S2.C5H6S.2C5H5.Ti/c6-7-5-3-1-2-4-5;6-5-3-1-2-4-5;2*1-2-4-5-3-1;/h1-6H;1-6H;2*1-5H;/q;;;;+2/p-2. The van der Waals surface area contributed by atoms with Crippen LogP contribution in [0.3, 0.4) is 0 Å². The number of rotatable bonds is 1. The molecule has 0 bridgehead atoms. The van der Waals surface area contributed by atoms with E-state index in [1.54, 1.807) is 0 Å². The van der Waals surface area contributed by atoms with E-state index in [1.807, 2.05) is 97.9 Å². The van der Waals surface area contributed by atoms with Crippen molar-refractivity contribution in [3.63, 3.8) is 0 Å². The van der Waals surface area contributed by atoms with Crippen molar-refractivity contribution in [2.24, 2.45) is 0 Å². The van der Waals surface area contributed by atoms with Crippen molar-refractivity contribution in [1.29, 1.82) is 0 Å². The second-order valence-electron chi connectivity index (χ2n) is 4.49. The number of allylic oxidation sites excluding steroid dienone is 12. The largest absolute Gasteiger partial charge is 2.00 e. The minimum atomic E-state index is 0. The Morgan fingerprint density at radius 3 is 1.08 bits per heavy atom. The first-order chi connectivity index (χ1) is 11.3. The summed E-state index contributed by atoms with van der Waals surface area (Å²) in [7, 11) is 1.44. The molecular formula is C20H20S3Ti. The quantitative estimate of drug-likeness (QED) is 0.329. The van der Waals surface area contributed by atoms with Crippen LogP contribution in [0.25, 0.3) is 0 Å². The Hall–Kier alpha value is -0.316. The summed E-state index contributed by atoms with van der Waals surface area (Å²) >= 11 is 9.55. The van der Waals surface area contributed by atoms with E-state index in [4.69, 9.17) is 24.3 Å². The molecule has 0 heterocycles. The van der Waals surface area contributed by atoms with Crippen LogP contribution < -0.4 is 0 Å². The molecule has 0 fully saturated rings. The molecule has 0 aliphatic heterocycles. The summed E-state index contributed by atoms with van der Waals surface area (Å²) in [6.07, 6.45) is 36.1. The summed E-state index contributed by atoms with van der Waals surface area (Å²) in [4.78, 5) is 0. The Labute approximate surface area is 176 Å². The summed E-state index contributed by atoms with van der Waals surface area (Å²) in [6, 6.07) is 0. The molecule has 0 amide bonds. The molecule has 4 heteroatoms. The molecular weight excluding hydrogens is 384 g/mol. The Morgan fingerprint density at radius 1 is 0.542 bits per heavy atom. The average Bonchev–Trinajstić information content (AvgIpc) is 3.40. The van der Waals surface area contributed by atoms with E-state index in [0.29, 0.717) is 5.25 Å². The van der Waals surface area contributed by atoms with Gasteiger partial charge in [-0.05, 0) is 0 Å². The number of hydrogen-bond donors (Lipinski definition) is 0. The van der Waals surface area contributed by atoms with Crippen LogP contribution in [-0.2, 0) is 46.0 Å². The zero-order valence-electron chi connectivity index (χ0n) is 13.3. The second kappa shape index (κ2) is 17.5. The van der Waals surface area contributed by atoms with Crippen LogP contribution in [0.4, 0.5) is 0 Å². The summed E-state index contributed by atoms with van der Waals surface area (Å²) < 4.78 is 0. The molecule has 0 saturated carbocycles. The van der Waals surface area contributed by atoms with E-state index in [2.05, 4.69) is 12.2 Å². The molecule has 0 unspecified atom stereocenters. The Bertz CT molecular complexity index is 471. The van der Waals surface area contributed by atoms with Crippen LogP contribution in [0, 0.1) is 12.8 Å². The maximum atomic E-state index is 4.83. The fraction of sp³-hybridized carbons (Fsp3) is 0.100.